The molecule has 1 aliphatic heterocycles. The third-order valence-electron chi connectivity index (χ3n) is 2.74. The van der Waals surface area contributed by atoms with Crippen LogP contribution in [0.2, 0.25) is 0 Å². The van der Waals surface area contributed by atoms with Crippen LogP contribution in [0.5, 0.6) is 11.5 Å². The van der Waals surface area contributed by atoms with Gasteiger partial charge in [-0.25, -0.2) is 4.79 Å². The van der Waals surface area contributed by atoms with E-state index in [9.17, 15) is 9.59 Å². The standard InChI is InChI=1S/C12H11N5O4/c13-10-9(11(18)15-12(19)14-10)17-16-6-1-2-7-8(5-6)21-4-3-20-7/h1-2,5H,3-4H2,(H4,13,14,15,18,19). The molecule has 3 rings (SSSR count). The number of aromatic amines is 2. The molecule has 0 unspecified atom stereocenters. The molecule has 9 nitrogen and oxygen atoms in total. The second-order valence-electron chi connectivity index (χ2n) is 4.20. The quantitative estimate of drug-likeness (QED) is 0.704. The predicted molar refractivity (Wildman–Crippen MR) is 73.7 cm³/mol. The van der Waals surface area contributed by atoms with E-state index in [0.29, 0.717) is 30.4 Å². The number of rotatable bonds is 2. The van der Waals surface area contributed by atoms with Gasteiger partial charge in [-0.3, -0.25) is 14.8 Å². The van der Waals surface area contributed by atoms with Crippen LogP contribution in [0.4, 0.5) is 17.2 Å². The number of ether oxygens (including phenoxy) is 2. The van der Waals surface area contributed by atoms with Crippen molar-refractivity contribution in [2.24, 2.45) is 10.2 Å². The van der Waals surface area contributed by atoms with Crippen LogP contribution in [0, 0.1) is 0 Å². The highest BCUT2D eigenvalue weighted by molar-refractivity contribution is 5.56. The van der Waals surface area contributed by atoms with Crippen LogP contribution in [0.25, 0.3) is 0 Å². The lowest BCUT2D eigenvalue weighted by atomic mass is 10.2. The van der Waals surface area contributed by atoms with Gasteiger partial charge in [0.05, 0.1) is 5.69 Å². The number of nitrogen functional groups attached to an aromatic ring is 1. The van der Waals surface area contributed by atoms with Crippen molar-refractivity contribution in [3.63, 3.8) is 0 Å². The minimum atomic E-state index is -0.711. The van der Waals surface area contributed by atoms with Gasteiger partial charge in [-0.05, 0) is 12.1 Å². The number of benzene rings is 1. The highest BCUT2D eigenvalue weighted by Crippen LogP contribution is 2.34. The van der Waals surface area contributed by atoms with E-state index >= 15 is 0 Å². The van der Waals surface area contributed by atoms with E-state index in [-0.39, 0.29) is 11.5 Å². The molecule has 0 amide bonds. The molecular formula is C12H11N5O4. The molecule has 21 heavy (non-hydrogen) atoms. The lowest BCUT2D eigenvalue weighted by Gasteiger charge is -2.17. The largest absolute Gasteiger partial charge is 0.486 e. The average Bonchev–Trinajstić information content (AvgIpc) is 2.46. The van der Waals surface area contributed by atoms with Crippen LogP contribution in [0.15, 0.2) is 38.0 Å². The van der Waals surface area contributed by atoms with E-state index in [1.807, 2.05) is 4.98 Å². The lowest BCUT2D eigenvalue weighted by molar-refractivity contribution is 0.171. The molecule has 0 atom stereocenters. The summed E-state index contributed by atoms with van der Waals surface area (Å²) in [6, 6.07) is 4.99. The Kier molecular flexibility index (Phi) is 3.14. The molecule has 2 aromatic rings. The number of hydrogen-bond donors (Lipinski definition) is 3. The summed E-state index contributed by atoms with van der Waals surface area (Å²) in [5, 5.41) is 7.66. The molecule has 0 spiro atoms. The van der Waals surface area contributed by atoms with E-state index in [4.69, 9.17) is 15.2 Å². The second-order valence-corrected chi connectivity index (χ2v) is 4.20. The second kappa shape index (κ2) is 5.12. The van der Waals surface area contributed by atoms with Gasteiger partial charge in [0, 0.05) is 6.07 Å². The Hall–Kier alpha value is -3.10. The van der Waals surface area contributed by atoms with Crippen molar-refractivity contribution in [3.05, 3.63) is 39.0 Å². The van der Waals surface area contributed by atoms with E-state index in [1.54, 1.807) is 18.2 Å². The zero-order valence-electron chi connectivity index (χ0n) is 10.8. The average molecular weight is 289 g/mol. The number of anilines is 1. The number of nitrogens with two attached hydrogens (primary N) is 1. The number of aromatic nitrogens is 2. The van der Waals surface area contributed by atoms with Gasteiger partial charge >= 0.3 is 5.69 Å². The Morgan fingerprint density at radius 3 is 2.57 bits per heavy atom. The number of azo groups is 1. The van der Waals surface area contributed by atoms with Gasteiger partial charge in [-0.1, -0.05) is 0 Å². The Balaban J connectivity index is 1.93. The van der Waals surface area contributed by atoms with Crippen molar-refractivity contribution >= 4 is 17.2 Å². The first kappa shape index (κ1) is 12.9. The monoisotopic (exact) mass is 289 g/mol. The molecule has 1 aliphatic rings. The van der Waals surface area contributed by atoms with Gasteiger partial charge in [0.1, 0.15) is 19.0 Å². The molecule has 0 saturated carbocycles. The minimum Gasteiger partial charge on any atom is -0.486 e. The maximum atomic E-state index is 11.6. The molecule has 0 saturated heterocycles. The van der Waals surface area contributed by atoms with Crippen molar-refractivity contribution in [2.75, 3.05) is 18.9 Å². The zero-order chi connectivity index (χ0) is 14.8. The molecule has 2 heterocycles. The Labute approximate surface area is 117 Å². The number of H-pyrrole nitrogens is 2. The van der Waals surface area contributed by atoms with E-state index in [2.05, 4.69) is 15.2 Å². The molecule has 0 aliphatic carbocycles. The molecular weight excluding hydrogens is 278 g/mol. The van der Waals surface area contributed by atoms with Crippen LogP contribution in [-0.4, -0.2) is 23.2 Å². The highest BCUT2D eigenvalue weighted by atomic mass is 16.6. The first-order valence-corrected chi connectivity index (χ1v) is 6.07. The summed E-state index contributed by atoms with van der Waals surface area (Å²) in [5.74, 6) is 1.03. The molecule has 1 aromatic carbocycles. The summed E-state index contributed by atoms with van der Waals surface area (Å²) in [4.78, 5) is 26.8. The molecule has 108 valence electrons. The summed E-state index contributed by atoms with van der Waals surface area (Å²) in [6.45, 7) is 0.956. The van der Waals surface area contributed by atoms with Crippen LogP contribution in [-0.2, 0) is 0 Å². The molecule has 0 bridgehead atoms. The maximum Gasteiger partial charge on any atom is 0.327 e. The van der Waals surface area contributed by atoms with Crippen molar-refractivity contribution in [1.29, 1.82) is 0 Å². The van der Waals surface area contributed by atoms with Crippen molar-refractivity contribution in [1.82, 2.24) is 9.97 Å². The smallest absolute Gasteiger partial charge is 0.327 e. The summed E-state index contributed by atoms with van der Waals surface area (Å²) < 4.78 is 10.8. The van der Waals surface area contributed by atoms with Crippen LogP contribution >= 0.6 is 0 Å². The summed E-state index contributed by atoms with van der Waals surface area (Å²) in [6.07, 6.45) is 0. The Bertz CT molecular complexity index is 823. The Morgan fingerprint density at radius 1 is 1.05 bits per heavy atom. The fourth-order valence-corrected chi connectivity index (χ4v) is 1.80. The molecule has 0 radical (unpaired) electrons. The van der Waals surface area contributed by atoms with Crippen molar-refractivity contribution < 1.29 is 9.47 Å². The summed E-state index contributed by atoms with van der Waals surface area (Å²) in [5.41, 5.74) is 4.41. The molecule has 0 fully saturated rings. The number of nitrogens with one attached hydrogen (secondary N) is 2. The zero-order valence-corrected chi connectivity index (χ0v) is 10.8. The summed E-state index contributed by atoms with van der Waals surface area (Å²) >= 11 is 0. The number of hydrogen-bond acceptors (Lipinski definition) is 7. The van der Waals surface area contributed by atoms with Gasteiger partial charge in [-0.2, -0.15) is 5.11 Å². The maximum absolute atomic E-state index is 11.6. The van der Waals surface area contributed by atoms with E-state index in [0.717, 1.165) is 0 Å². The lowest BCUT2D eigenvalue weighted by Crippen LogP contribution is -2.23. The molecule has 4 N–H and O–H groups in total. The van der Waals surface area contributed by atoms with Gasteiger partial charge in [0.2, 0.25) is 0 Å². The van der Waals surface area contributed by atoms with Gasteiger partial charge < -0.3 is 15.2 Å². The Morgan fingerprint density at radius 2 is 1.81 bits per heavy atom. The first-order valence-electron chi connectivity index (χ1n) is 6.07. The SMILES string of the molecule is Nc1[nH]c(=O)[nH]c(=O)c1N=Nc1ccc2c(c1)OCCO2. The minimum absolute atomic E-state index is 0.148. The van der Waals surface area contributed by atoms with Crippen LogP contribution in [0.1, 0.15) is 0 Å². The van der Waals surface area contributed by atoms with E-state index in [1.165, 1.54) is 0 Å². The summed E-state index contributed by atoms with van der Waals surface area (Å²) in [7, 11) is 0. The third kappa shape index (κ3) is 2.61. The van der Waals surface area contributed by atoms with Crippen LogP contribution < -0.4 is 26.5 Å². The fourth-order valence-electron chi connectivity index (χ4n) is 1.80. The van der Waals surface area contributed by atoms with Crippen molar-refractivity contribution in [2.45, 2.75) is 0 Å². The molecule has 1 aromatic heterocycles. The van der Waals surface area contributed by atoms with Gasteiger partial charge in [-0.15, -0.1) is 5.11 Å². The topological polar surface area (TPSA) is 135 Å². The van der Waals surface area contributed by atoms with E-state index < -0.39 is 11.2 Å². The number of fused-ring (bicyclic) bond motifs is 1. The van der Waals surface area contributed by atoms with Gasteiger partial charge in [0.25, 0.3) is 5.56 Å². The first-order chi connectivity index (χ1) is 10.1. The number of nitrogens with zero attached hydrogens (tertiary/aromatic N) is 2. The van der Waals surface area contributed by atoms with Crippen LogP contribution in [0.3, 0.4) is 0 Å². The normalized spacial score (nSPS) is 13.5. The van der Waals surface area contributed by atoms with Gasteiger partial charge in [0.15, 0.2) is 17.2 Å². The molecule has 9 heteroatoms. The highest BCUT2D eigenvalue weighted by Gasteiger charge is 2.12. The predicted octanol–water partition coefficient (Wildman–Crippen LogP) is 0.832. The van der Waals surface area contributed by atoms with Crippen molar-refractivity contribution in [3.8, 4) is 11.5 Å². The third-order valence-corrected chi connectivity index (χ3v) is 2.74. The fraction of sp³-hybridized carbons (Fsp3) is 0.167.